The lowest BCUT2D eigenvalue weighted by molar-refractivity contribution is -0.117. The number of piperazine rings is 1. The van der Waals surface area contributed by atoms with Gasteiger partial charge in [-0.25, -0.2) is 0 Å². The molecule has 0 saturated carbocycles. The zero-order valence-electron chi connectivity index (χ0n) is 15.5. The second-order valence-corrected chi connectivity index (χ2v) is 7.51. The fourth-order valence-electron chi connectivity index (χ4n) is 3.86. The Morgan fingerprint density at radius 2 is 1.71 bits per heavy atom. The highest BCUT2D eigenvalue weighted by Crippen LogP contribution is 2.31. The largest absolute Gasteiger partial charge is 0.506 e. The van der Waals surface area contributed by atoms with E-state index in [9.17, 15) is 14.7 Å². The van der Waals surface area contributed by atoms with Gasteiger partial charge in [0.2, 0.25) is 5.91 Å². The Morgan fingerprint density at radius 1 is 0.964 bits per heavy atom. The van der Waals surface area contributed by atoms with E-state index in [1.54, 1.807) is 40.1 Å². The Balaban J connectivity index is 1.52. The van der Waals surface area contributed by atoms with E-state index < -0.39 is 0 Å². The number of rotatable bonds is 3. The first-order chi connectivity index (χ1) is 13.5. The molecule has 146 valence electrons. The highest BCUT2D eigenvalue weighted by Gasteiger charge is 2.29. The summed E-state index contributed by atoms with van der Waals surface area (Å²) < 4.78 is 0. The topological polar surface area (TPSA) is 64.1 Å². The summed E-state index contributed by atoms with van der Waals surface area (Å²) in [5, 5.41) is 10.6. The quantitative estimate of drug-likeness (QED) is 0.861. The van der Waals surface area contributed by atoms with Crippen molar-refractivity contribution in [1.29, 1.82) is 0 Å². The summed E-state index contributed by atoms with van der Waals surface area (Å²) >= 11 is 6.14. The van der Waals surface area contributed by atoms with Crippen LogP contribution in [0.4, 0.5) is 11.4 Å². The number of halogens is 1. The molecule has 2 aromatic carbocycles. The van der Waals surface area contributed by atoms with E-state index in [0.29, 0.717) is 55.4 Å². The lowest BCUT2D eigenvalue weighted by atomic mass is 10.1. The van der Waals surface area contributed by atoms with Gasteiger partial charge in [0.25, 0.3) is 5.91 Å². The van der Waals surface area contributed by atoms with Gasteiger partial charge in [-0.3, -0.25) is 9.59 Å². The van der Waals surface area contributed by atoms with Crippen molar-refractivity contribution in [3.63, 3.8) is 0 Å². The molecule has 2 fully saturated rings. The lowest BCUT2D eigenvalue weighted by Gasteiger charge is -2.36. The van der Waals surface area contributed by atoms with Crippen LogP contribution in [0.15, 0.2) is 42.5 Å². The van der Waals surface area contributed by atoms with E-state index in [1.807, 2.05) is 12.1 Å². The highest BCUT2D eigenvalue weighted by molar-refractivity contribution is 6.31. The summed E-state index contributed by atoms with van der Waals surface area (Å²) in [7, 11) is 0. The van der Waals surface area contributed by atoms with E-state index in [-0.39, 0.29) is 17.6 Å². The van der Waals surface area contributed by atoms with Crippen LogP contribution in [0, 0.1) is 0 Å². The minimum absolute atomic E-state index is 0.0284. The predicted octanol–water partition coefficient (Wildman–Crippen LogP) is 3.13. The molecular formula is C21H22ClN3O3. The number of amides is 2. The second-order valence-electron chi connectivity index (χ2n) is 7.08. The third-order valence-electron chi connectivity index (χ3n) is 5.34. The molecule has 4 rings (SSSR count). The molecule has 7 heteroatoms. The van der Waals surface area contributed by atoms with Gasteiger partial charge in [-0.2, -0.15) is 0 Å². The van der Waals surface area contributed by atoms with Gasteiger partial charge in [0.05, 0.1) is 16.9 Å². The van der Waals surface area contributed by atoms with Crippen molar-refractivity contribution < 1.29 is 14.7 Å². The summed E-state index contributed by atoms with van der Waals surface area (Å²) in [6.45, 7) is 2.97. The molecule has 2 saturated heterocycles. The van der Waals surface area contributed by atoms with Crippen molar-refractivity contribution in [1.82, 2.24) is 4.90 Å². The Kier molecular flexibility index (Phi) is 5.13. The maximum absolute atomic E-state index is 13.2. The number of hydrogen-bond donors (Lipinski definition) is 1. The third-order valence-corrected chi connectivity index (χ3v) is 5.58. The van der Waals surface area contributed by atoms with Gasteiger partial charge in [-0.15, -0.1) is 0 Å². The van der Waals surface area contributed by atoms with E-state index in [2.05, 4.69) is 4.90 Å². The molecule has 2 aliphatic rings. The number of benzene rings is 2. The molecule has 0 spiro atoms. The van der Waals surface area contributed by atoms with Gasteiger partial charge in [0.15, 0.2) is 0 Å². The number of aromatic hydroxyl groups is 1. The molecular weight excluding hydrogens is 378 g/mol. The van der Waals surface area contributed by atoms with E-state index in [1.165, 1.54) is 0 Å². The van der Waals surface area contributed by atoms with Crippen LogP contribution in [0.25, 0.3) is 0 Å². The van der Waals surface area contributed by atoms with Gasteiger partial charge in [0, 0.05) is 44.2 Å². The molecule has 0 bridgehead atoms. The molecule has 2 amide bonds. The van der Waals surface area contributed by atoms with E-state index in [4.69, 9.17) is 11.6 Å². The number of carbonyl (C=O) groups is 2. The van der Waals surface area contributed by atoms with Crippen LogP contribution in [0.3, 0.4) is 0 Å². The molecule has 0 aromatic heterocycles. The van der Waals surface area contributed by atoms with Crippen molar-refractivity contribution in [3.8, 4) is 5.75 Å². The van der Waals surface area contributed by atoms with Gasteiger partial charge >= 0.3 is 0 Å². The van der Waals surface area contributed by atoms with Crippen LogP contribution >= 0.6 is 11.6 Å². The van der Waals surface area contributed by atoms with Crippen LogP contribution < -0.4 is 9.80 Å². The van der Waals surface area contributed by atoms with Crippen LogP contribution in [-0.2, 0) is 4.79 Å². The molecule has 2 aliphatic heterocycles. The summed E-state index contributed by atoms with van der Waals surface area (Å²) in [5.41, 5.74) is 1.89. The smallest absolute Gasteiger partial charge is 0.256 e. The number of phenolic OH excluding ortho intramolecular Hbond substituents is 1. The first kappa shape index (κ1) is 18.6. The molecule has 0 aliphatic carbocycles. The zero-order valence-corrected chi connectivity index (χ0v) is 16.2. The number of para-hydroxylation sites is 2. The fourth-order valence-corrected chi connectivity index (χ4v) is 4.03. The standard InChI is InChI=1S/C21H22ClN3O3/c22-15-7-8-16(18(14-15)25-9-3-6-20(25)27)21(28)24-12-10-23(11-13-24)17-4-1-2-5-19(17)26/h1-2,4-5,7-8,14,26H,3,6,9-13H2. The number of nitrogens with zero attached hydrogens (tertiary/aromatic N) is 3. The van der Waals surface area contributed by atoms with Crippen LogP contribution in [0.5, 0.6) is 5.75 Å². The summed E-state index contributed by atoms with van der Waals surface area (Å²) in [6.07, 6.45) is 1.29. The maximum Gasteiger partial charge on any atom is 0.256 e. The summed E-state index contributed by atoms with van der Waals surface area (Å²) in [6, 6.07) is 12.3. The van der Waals surface area contributed by atoms with Crippen LogP contribution in [0.1, 0.15) is 23.2 Å². The molecule has 1 N–H and O–H groups in total. The Labute approximate surface area is 168 Å². The second kappa shape index (κ2) is 7.72. The fraction of sp³-hybridized carbons (Fsp3) is 0.333. The molecule has 2 aromatic rings. The molecule has 0 radical (unpaired) electrons. The normalized spacial score (nSPS) is 17.3. The first-order valence-corrected chi connectivity index (χ1v) is 9.84. The van der Waals surface area contributed by atoms with Crippen molar-refractivity contribution in [2.24, 2.45) is 0 Å². The highest BCUT2D eigenvalue weighted by atomic mass is 35.5. The molecule has 2 heterocycles. The number of phenols is 1. The SMILES string of the molecule is O=C(c1ccc(Cl)cc1N1CCCC1=O)N1CCN(c2ccccc2O)CC1. The van der Waals surface area contributed by atoms with Crippen molar-refractivity contribution in [3.05, 3.63) is 53.1 Å². The molecule has 0 unspecified atom stereocenters. The first-order valence-electron chi connectivity index (χ1n) is 9.47. The minimum atomic E-state index is -0.0942. The van der Waals surface area contributed by atoms with Crippen molar-refractivity contribution in [2.75, 3.05) is 42.5 Å². The third kappa shape index (κ3) is 3.52. The molecule has 28 heavy (non-hydrogen) atoms. The predicted molar refractivity (Wildman–Crippen MR) is 109 cm³/mol. The number of anilines is 2. The number of carbonyl (C=O) groups excluding carboxylic acids is 2. The van der Waals surface area contributed by atoms with Crippen molar-refractivity contribution in [2.45, 2.75) is 12.8 Å². The molecule has 0 atom stereocenters. The Morgan fingerprint density at radius 3 is 2.39 bits per heavy atom. The number of hydrogen-bond acceptors (Lipinski definition) is 4. The lowest BCUT2D eigenvalue weighted by Crippen LogP contribution is -2.49. The van der Waals surface area contributed by atoms with Gasteiger partial charge in [0.1, 0.15) is 5.75 Å². The Bertz CT molecular complexity index is 910. The van der Waals surface area contributed by atoms with E-state index >= 15 is 0 Å². The van der Waals surface area contributed by atoms with Crippen LogP contribution in [0.2, 0.25) is 5.02 Å². The van der Waals surface area contributed by atoms with Crippen LogP contribution in [-0.4, -0.2) is 54.5 Å². The Hall–Kier alpha value is -2.73. The maximum atomic E-state index is 13.2. The van der Waals surface area contributed by atoms with Gasteiger partial charge < -0.3 is 19.8 Å². The minimum Gasteiger partial charge on any atom is -0.506 e. The zero-order chi connectivity index (χ0) is 19.7. The van der Waals surface area contributed by atoms with Gasteiger partial charge in [-0.1, -0.05) is 23.7 Å². The summed E-state index contributed by atoms with van der Waals surface area (Å²) in [5.74, 6) is 0.179. The van der Waals surface area contributed by atoms with E-state index in [0.717, 1.165) is 12.1 Å². The average molecular weight is 400 g/mol. The summed E-state index contributed by atoms with van der Waals surface area (Å²) in [4.78, 5) is 30.9. The average Bonchev–Trinajstić information content (AvgIpc) is 3.14. The van der Waals surface area contributed by atoms with Crippen molar-refractivity contribution >= 4 is 34.8 Å². The monoisotopic (exact) mass is 399 g/mol. The van der Waals surface area contributed by atoms with Gasteiger partial charge in [-0.05, 0) is 36.8 Å². The molecule has 6 nitrogen and oxygen atoms in total.